The van der Waals surface area contributed by atoms with Gasteiger partial charge in [0, 0.05) is 6.04 Å². The molecule has 5 nitrogen and oxygen atoms in total. The van der Waals surface area contributed by atoms with Crippen LogP contribution in [0.4, 0.5) is 0 Å². The van der Waals surface area contributed by atoms with Crippen LogP contribution in [0.5, 0.6) is 0 Å². The molecule has 1 amide bonds. The Hall–Kier alpha value is -1.78. The van der Waals surface area contributed by atoms with Crippen LogP contribution in [0, 0.1) is 5.92 Å². The lowest BCUT2D eigenvalue weighted by Gasteiger charge is -2.27. The van der Waals surface area contributed by atoms with Crippen LogP contribution in [0.2, 0.25) is 0 Å². The van der Waals surface area contributed by atoms with Crippen LogP contribution >= 0.6 is 0 Å². The first-order valence-corrected chi connectivity index (χ1v) is 6.13. The van der Waals surface area contributed by atoms with Crippen molar-refractivity contribution in [3.8, 4) is 0 Å². The van der Waals surface area contributed by atoms with E-state index in [1.54, 1.807) is 12.1 Å². The van der Waals surface area contributed by atoms with Crippen molar-refractivity contribution >= 4 is 11.9 Å². The Morgan fingerprint density at radius 2 is 2.06 bits per heavy atom. The Kier molecular flexibility index (Phi) is 4.02. The summed E-state index contributed by atoms with van der Waals surface area (Å²) in [6.07, 6.45) is 4.59. The van der Waals surface area contributed by atoms with Gasteiger partial charge in [0.05, 0.1) is 19.3 Å². The maximum atomic E-state index is 11.7. The van der Waals surface area contributed by atoms with Crippen molar-refractivity contribution in [2.75, 3.05) is 7.11 Å². The summed E-state index contributed by atoms with van der Waals surface area (Å²) in [5.74, 6) is -0.0378. The van der Waals surface area contributed by atoms with E-state index < -0.39 is 0 Å². The maximum Gasteiger partial charge on any atom is 0.308 e. The first-order valence-electron chi connectivity index (χ1n) is 6.13. The summed E-state index contributed by atoms with van der Waals surface area (Å²) >= 11 is 0. The van der Waals surface area contributed by atoms with Gasteiger partial charge in [-0.1, -0.05) is 0 Å². The fourth-order valence-electron chi connectivity index (χ4n) is 2.30. The van der Waals surface area contributed by atoms with Crippen molar-refractivity contribution in [2.24, 2.45) is 5.92 Å². The van der Waals surface area contributed by atoms with Gasteiger partial charge >= 0.3 is 5.97 Å². The normalized spacial score (nSPS) is 23.4. The predicted octanol–water partition coefficient (Wildman–Crippen LogP) is 1.74. The lowest BCUT2D eigenvalue weighted by Crippen LogP contribution is -2.38. The molecule has 0 saturated heterocycles. The van der Waals surface area contributed by atoms with Gasteiger partial charge in [0.2, 0.25) is 0 Å². The average molecular weight is 251 g/mol. The molecule has 0 radical (unpaired) electrons. The third-order valence-corrected chi connectivity index (χ3v) is 3.34. The number of rotatable bonds is 3. The lowest BCUT2D eigenvalue weighted by atomic mass is 9.86. The summed E-state index contributed by atoms with van der Waals surface area (Å²) in [5, 5.41) is 2.91. The minimum absolute atomic E-state index is 0.0215. The third-order valence-electron chi connectivity index (χ3n) is 3.34. The summed E-state index contributed by atoms with van der Waals surface area (Å²) in [6, 6.07) is 3.43. The smallest absolute Gasteiger partial charge is 0.308 e. The standard InChI is InChI=1S/C13H17NO4/c1-17-13(16)9-4-6-10(7-5-9)14-12(15)11-3-2-8-18-11/h2-3,8-10H,4-7H2,1H3,(H,14,15). The molecular formula is C13H17NO4. The van der Waals surface area contributed by atoms with Crippen molar-refractivity contribution in [1.82, 2.24) is 5.32 Å². The van der Waals surface area contributed by atoms with Crippen LogP contribution in [0.25, 0.3) is 0 Å². The molecule has 1 aliphatic rings. The fraction of sp³-hybridized carbons (Fsp3) is 0.538. The molecule has 2 rings (SSSR count). The fourth-order valence-corrected chi connectivity index (χ4v) is 2.30. The van der Waals surface area contributed by atoms with Gasteiger partial charge in [0.1, 0.15) is 0 Å². The molecule has 1 aromatic rings. The van der Waals surface area contributed by atoms with E-state index in [1.165, 1.54) is 13.4 Å². The Labute approximate surface area is 105 Å². The van der Waals surface area contributed by atoms with Gasteiger partial charge in [-0.05, 0) is 37.8 Å². The summed E-state index contributed by atoms with van der Waals surface area (Å²) in [4.78, 5) is 23.1. The molecule has 0 spiro atoms. The molecule has 1 aliphatic carbocycles. The third kappa shape index (κ3) is 2.91. The molecule has 0 atom stereocenters. The van der Waals surface area contributed by atoms with Gasteiger partial charge in [-0.25, -0.2) is 0 Å². The van der Waals surface area contributed by atoms with Crippen molar-refractivity contribution in [2.45, 2.75) is 31.7 Å². The number of amides is 1. The van der Waals surface area contributed by atoms with E-state index in [9.17, 15) is 9.59 Å². The number of esters is 1. The predicted molar refractivity (Wildman–Crippen MR) is 63.9 cm³/mol. The highest BCUT2D eigenvalue weighted by Gasteiger charge is 2.28. The topological polar surface area (TPSA) is 68.5 Å². The van der Waals surface area contributed by atoms with Crippen LogP contribution in [0.3, 0.4) is 0 Å². The highest BCUT2D eigenvalue weighted by atomic mass is 16.5. The van der Waals surface area contributed by atoms with Gasteiger partial charge in [-0.15, -0.1) is 0 Å². The molecule has 0 unspecified atom stereocenters. The van der Waals surface area contributed by atoms with Crippen LogP contribution in [-0.4, -0.2) is 25.0 Å². The second kappa shape index (κ2) is 5.71. The minimum atomic E-state index is -0.193. The Bertz CT molecular complexity index is 405. The van der Waals surface area contributed by atoms with Crippen LogP contribution < -0.4 is 5.32 Å². The van der Waals surface area contributed by atoms with E-state index >= 15 is 0 Å². The number of furan rings is 1. The number of hydrogen-bond acceptors (Lipinski definition) is 4. The van der Waals surface area contributed by atoms with Crippen LogP contribution in [0.1, 0.15) is 36.2 Å². The van der Waals surface area contributed by atoms with Crippen molar-refractivity contribution in [3.05, 3.63) is 24.2 Å². The highest BCUT2D eigenvalue weighted by Crippen LogP contribution is 2.25. The van der Waals surface area contributed by atoms with Crippen molar-refractivity contribution < 1.29 is 18.7 Å². The molecule has 1 fully saturated rings. The summed E-state index contributed by atoms with van der Waals surface area (Å²) in [5.41, 5.74) is 0. The quantitative estimate of drug-likeness (QED) is 0.831. The number of methoxy groups -OCH3 is 1. The zero-order chi connectivity index (χ0) is 13.0. The van der Waals surface area contributed by atoms with Gasteiger partial charge < -0.3 is 14.5 Å². The van der Waals surface area contributed by atoms with Crippen LogP contribution in [-0.2, 0) is 9.53 Å². The molecule has 1 heterocycles. The first kappa shape index (κ1) is 12.7. The summed E-state index contributed by atoms with van der Waals surface area (Å²) < 4.78 is 9.75. The number of carbonyl (C=O) groups is 2. The number of hydrogen-bond donors (Lipinski definition) is 1. The molecule has 5 heteroatoms. The molecular weight excluding hydrogens is 234 g/mol. The van der Waals surface area contributed by atoms with E-state index in [-0.39, 0.29) is 23.8 Å². The average Bonchev–Trinajstić information content (AvgIpc) is 2.92. The summed E-state index contributed by atoms with van der Waals surface area (Å²) in [7, 11) is 1.41. The highest BCUT2D eigenvalue weighted by molar-refractivity contribution is 5.91. The zero-order valence-electron chi connectivity index (χ0n) is 10.3. The van der Waals surface area contributed by atoms with Crippen molar-refractivity contribution in [1.29, 1.82) is 0 Å². The largest absolute Gasteiger partial charge is 0.469 e. The van der Waals surface area contributed by atoms with Gasteiger partial charge in [-0.2, -0.15) is 0 Å². The number of ether oxygens (including phenoxy) is 1. The van der Waals surface area contributed by atoms with E-state index in [2.05, 4.69) is 5.32 Å². The van der Waals surface area contributed by atoms with Gasteiger partial charge in [-0.3, -0.25) is 9.59 Å². The van der Waals surface area contributed by atoms with Crippen molar-refractivity contribution in [3.63, 3.8) is 0 Å². The van der Waals surface area contributed by atoms with E-state index in [0.717, 1.165) is 25.7 Å². The Morgan fingerprint density at radius 3 is 2.61 bits per heavy atom. The Morgan fingerprint density at radius 1 is 1.33 bits per heavy atom. The molecule has 18 heavy (non-hydrogen) atoms. The minimum Gasteiger partial charge on any atom is -0.469 e. The first-order chi connectivity index (χ1) is 8.70. The molecule has 1 saturated carbocycles. The monoisotopic (exact) mass is 251 g/mol. The summed E-state index contributed by atoms with van der Waals surface area (Å²) in [6.45, 7) is 0. The second-order valence-corrected chi connectivity index (χ2v) is 4.52. The second-order valence-electron chi connectivity index (χ2n) is 4.52. The maximum absolute atomic E-state index is 11.7. The molecule has 0 aliphatic heterocycles. The van der Waals surface area contributed by atoms with Gasteiger partial charge in [0.15, 0.2) is 5.76 Å². The zero-order valence-corrected chi connectivity index (χ0v) is 10.3. The molecule has 1 N–H and O–H groups in total. The Balaban J connectivity index is 1.80. The van der Waals surface area contributed by atoms with Gasteiger partial charge in [0.25, 0.3) is 5.91 Å². The molecule has 0 bridgehead atoms. The SMILES string of the molecule is COC(=O)C1CCC(NC(=O)c2ccco2)CC1. The number of nitrogens with one attached hydrogen (secondary N) is 1. The van der Waals surface area contributed by atoms with E-state index in [1.807, 2.05) is 0 Å². The van der Waals surface area contributed by atoms with Crippen LogP contribution in [0.15, 0.2) is 22.8 Å². The molecule has 98 valence electrons. The van der Waals surface area contributed by atoms with E-state index in [4.69, 9.17) is 9.15 Å². The molecule has 0 aromatic carbocycles. The van der Waals surface area contributed by atoms with E-state index in [0.29, 0.717) is 5.76 Å². The lowest BCUT2D eigenvalue weighted by molar-refractivity contribution is -0.146. The number of carbonyl (C=O) groups excluding carboxylic acids is 2. The molecule has 1 aromatic heterocycles.